The molecule has 0 spiro atoms. The third-order valence-corrected chi connectivity index (χ3v) is 3.91. The topological polar surface area (TPSA) is 83.6 Å². The van der Waals surface area contributed by atoms with Gasteiger partial charge in [-0.15, -0.1) is 0 Å². The van der Waals surface area contributed by atoms with Gasteiger partial charge < -0.3 is 20.3 Å². The van der Waals surface area contributed by atoms with Gasteiger partial charge in [0.15, 0.2) is 0 Å². The number of carbonyl (C=O) groups excluding carboxylic acids is 2. The van der Waals surface area contributed by atoms with Crippen LogP contribution in [0, 0.1) is 0 Å². The van der Waals surface area contributed by atoms with E-state index in [0.29, 0.717) is 45.8 Å². The Bertz CT molecular complexity index is 524. The molecule has 7 heteroatoms. The van der Waals surface area contributed by atoms with E-state index >= 15 is 0 Å². The van der Waals surface area contributed by atoms with Gasteiger partial charge in [0.2, 0.25) is 11.8 Å². The Kier molecular flexibility index (Phi) is 7.64. The summed E-state index contributed by atoms with van der Waals surface area (Å²) in [6, 6.07) is 5.26. The minimum Gasteiger partial charge on any atom is -0.380 e. The van der Waals surface area contributed by atoms with Crippen molar-refractivity contribution in [3.8, 4) is 0 Å². The summed E-state index contributed by atoms with van der Waals surface area (Å²) in [5, 5.41) is 5.97. The van der Waals surface area contributed by atoms with Crippen LogP contribution in [0.15, 0.2) is 24.4 Å². The Hall–Kier alpha value is -1.99. The average molecular weight is 334 g/mol. The first-order chi connectivity index (χ1) is 11.7. The zero-order valence-electron chi connectivity index (χ0n) is 14.2. The lowest BCUT2D eigenvalue weighted by atomic mass is 10.1. The van der Waals surface area contributed by atoms with Crippen molar-refractivity contribution in [2.24, 2.45) is 0 Å². The minimum absolute atomic E-state index is 0.0270. The highest BCUT2D eigenvalue weighted by molar-refractivity contribution is 5.88. The number of pyridine rings is 1. The second-order valence-corrected chi connectivity index (χ2v) is 5.65. The fourth-order valence-electron chi connectivity index (χ4n) is 2.63. The Labute approximate surface area is 142 Å². The van der Waals surface area contributed by atoms with E-state index in [4.69, 9.17) is 4.74 Å². The number of hydrogen-bond donors (Lipinski definition) is 2. The van der Waals surface area contributed by atoms with Gasteiger partial charge in [-0.1, -0.05) is 6.07 Å². The van der Waals surface area contributed by atoms with Crippen LogP contribution in [0.25, 0.3) is 0 Å². The predicted molar refractivity (Wildman–Crippen MR) is 90.4 cm³/mol. The molecule has 0 bridgehead atoms. The number of rotatable bonds is 9. The molecule has 2 rings (SSSR count). The second-order valence-electron chi connectivity index (χ2n) is 5.65. The van der Waals surface area contributed by atoms with Crippen LogP contribution >= 0.6 is 0 Å². The van der Waals surface area contributed by atoms with Gasteiger partial charge in [0.05, 0.1) is 19.1 Å². The van der Waals surface area contributed by atoms with Crippen LogP contribution in [-0.4, -0.2) is 67.1 Å². The number of aromatic nitrogens is 1. The molecule has 1 unspecified atom stereocenters. The molecule has 2 heterocycles. The molecular weight excluding hydrogens is 308 g/mol. The molecule has 1 fully saturated rings. The van der Waals surface area contributed by atoms with Crippen molar-refractivity contribution >= 4 is 11.8 Å². The first kappa shape index (κ1) is 18.4. The molecule has 7 nitrogen and oxygen atoms in total. The number of ether oxygens (including phenoxy) is 1. The number of carbonyl (C=O) groups is 2. The highest BCUT2D eigenvalue weighted by atomic mass is 16.5. The van der Waals surface area contributed by atoms with Crippen molar-refractivity contribution in [1.82, 2.24) is 20.5 Å². The van der Waals surface area contributed by atoms with Gasteiger partial charge in [-0.3, -0.25) is 14.6 Å². The van der Waals surface area contributed by atoms with Gasteiger partial charge >= 0.3 is 0 Å². The number of nitrogens with one attached hydrogen (secondary N) is 2. The Morgan fingerprint density at radius 2 is 2.38 bits per heavy atom. The monoisotopic (exact) mass is 334 g/mol. The van der Waals surface area contributed by atoms with Gasteiger partial charge in [0, 0.05) is 51.1 Å². The summed E-state index contributed by atoms with van der Waals surface area (Å²) < 4.78 is 5.30. The van der Waals surface area contributed by atoms with Gasteiger partial charge in [-0.25, -0.2) is 0 Å². The first-order valence-corrected chi connectivity index (χ1v) is 8.47. The Morgan fingerprint density at radius 1 is 1.50 bits per heavy atom. The molecule has 1 aromatic rings. The highest BCUT2D eigenvalue weighted by Gasteiger charge is 2.29. The Morgan fingerprint density at radius 3 is 3.12 bits per heavy atom. The van der Waals surface area contributed by atoms with E-state index in [9.17, 15) is 9.59 Å². The molecule has 2 N–H and O–H groups in total. The van der Waals surface area contributed by atoms with Crippen molar-refractivity contribution in [3.63, 3.8) is 0 Å². The molecule has 0 radical (unpaired) electrons. The van der Waals surface area contributed by atoms with Crippen molar-refractivity contribution < 1.29 is 14.3 Å². The smallest absolute Gasteiger partial charge is 0.240 e. The van der Waals surface area contributed by atoms with Crippen molar-refractivity contribution in [2.75, 3.05) is 39.4 Å². The van der Waals surface area contributed by atoms with Gasteiger partial charge in [0.25, 0.3) is 0 Å². The van der Waals surface area contributed by atoms with E-state index < -0.39 is 6.04 Å². The molecule has 1 aliphatic heterocycles. The molecular formula is C17H26N4O3. The van der Waals surface area contributed by atoms with Crippen LogP contribution in [0.4, 0.5) is 0 Å². The summed E-state index contributed by atoms with van der Waals surface area (Å²) in [7, 11) is 0. The zero-order valence-corrected chi connectivity index (χ0v) is 14.2. The third-order valence-electron chi connectivity index (χ3n) is 3.91. The predicted octanol–water partition coefficient (Wildman–Crippen LogP) is -0.0327. The van der Waals surface area contributed by atoms with E-state index in [0.717, 1.165) is 5.69 Å². The minimum atomic E-state index is -0.449. The fourth-order valence-corrected chi connectivity index (χ4v) is 2.63. The second kappa shape index (κ2) is 10.00. The van der Waals surface area contributed by atoms with Crippen LogP contribution in [0.3, 0.4) is 0 Å². The highest BCUT2D eigenvalue weighted by Crippen LogP contribution is 2.05. The van der Waals surface area contributed by atoms with Gasteiger partial charge in [-0.05, 0) is 19.1 Å². The number of hydrogen-bond acceptors (Lipinski definition) is 5. The Balaban J connectivity index is 1.71. The summed E-state index contributed by atoms with van der Waals surface area (Å²) >= 11 is 0. The van der Waals surface area contributed by atoms with E-state index in [1.54, 1.807) is 11.1 Å². The number of piperazine rings is 1. The molecule has 132 valence electrons. The quantitative estimate of drug-likeness (QED) is 0.620. The normalized spacial score (nSPS) is 17.8. The van der Waals surface area contributed by atoms with Gasteiger partial charge in [0.1, 0.15) is 0 Å². The maximum absolute atomic E-state index is 12.4. The molecule has 1 aliphatic rings. The molecule has 1 aromatic heterocycles. The summed E-state index contributed by atoms with van der Waals surface area (Å²) in [4.78, 5) is 30.4. The first-order valence-electron chi connectivity index (χ1n) is 8.47. The SMILES string of the molecule is CCOCCN1CCNC(CC(=O)NCCc2ccccn2)C1=O. The maximum Gasteiger partial charge on any atom is 0.240 e. The summed E-state index contributed by atoms with van der Waals surface area (Å²) in [6.07, 6.45) is 2.57. The van der Waals surface area contributed by atoms with Gasteiger partial charge in [-0.2, -0.15) is 0 Å². The lowest BCUT2D eigenvalue weighted by molar-refractivity contribution is -0.138. The molecule has 0 aromatic carbocycles. The maximum atomic E-state index is 12.4. The van der Waals surface area contributed by atoms with E-state index in [2.05, 4.69) is 15.6 Å². The summed E-state index contributed by atoms with van der Waals surface area (Å²) in [5.41, 5.74) is 0.937. The fraction of sp³-hybridized carbons (Fsp3) is 0.588. The van der Waals surface area contributed by atoms with Crippen LogP contribution in [-0.2, 0) is 20.7 Å². The third kappa shape index (κ3) is 5.90. The molecule has 1 atom stereocenters. The average Bonchev–Trinajstić information content (AvgIpc) is 2.59. The summed E-state index contributed by atoms with van der Waals surface area (Å²) in [6.45, 7) is 5.55. The largest absolute Gasteiger partial charge is 0.380 e. The number of amides is 2. The zero-order chi connectivity index (χ0) is 17.2. The van der Waals surface area contributed by atoms with Crippen molar-refractivity contribution in [1.29, 1.82) is 0 Å². The van der Waals surface area contributed by atoms with E-state index in [-0.39, 0.29) is 18.2 Å². The molecule has 2 amide bonds. The lowest BCUT2D eigenvalue weighted by Gasteiger charge is -2.32. The van der Waals surface area contributed by atoms with Crippen LogP contribution in [0.5, 0.6) is 0 Å². The van der Waals surface area contributed by atoms with Crippen molar-refractivity contribution in [2.45, 2.75) is 25.8 Å². The standard InChI is InChI=1S/C17H26N4O3/c1-2-24-12-11-21-10-9-19-15(17(21)23)13-16(22)20-8-6-14-5-3-4-7-18-14/h3-5,7,15,19H,2,6,8-13H2,1H3,(H,20,22). The molecule has 0 saturated carbocycles. The van der Waals surface area contributed by atoms with Crippen molar-refractivity contribution in [3.05, 3.63) is 30.1 Å². The molecule has 24 heavy (non-hydrogen) atoms. The molecule has 0 aliphatic carbocycles. The molecule has 1 saturated heterocycles. The van der Waals surface area contributed by atoms with Crippen LogP contribution < -0.4 is 10.6 Å². The van der Waals surface area contributed by atoms with E-state index in [1.807, 2.05) is 25.1 Å². The summed E-state index contributed by atoms with van der Waals surface area (Å²) in [5.74, 6) is -0.149. The number of nitrogens with zero attached hydrogens (tertiary/aromatic N) is 2. The lowest BCUT2D eigenvalue weighted by Crippen LogP contribution is -2.56. The van der Waals surface area contributed by atoms with Crippen LogP contribution in [0.1, 0.15) is 19.0 Å². The van der Waals surface area contributed by atoms with E-state index in [1.165, 1.54) is 0 Å². The van der Waals surface area contributed by atoms with Crippen LogP contribution in [0.2, 0.25) is 0 Å².